The van der Waals surface area contributed by atoms with Crippen molar-refractivity contribution in [2.75, 3.05) is 25.0 Å². The van der Waals surface area contributed by atoms with Gasteiger partial charge in [0.05, 0.1) is 21.3 Å². The summed E-state index contributed by atoms with van der Waals surface area (Å²) in [5.74, 6) is -3.15. The molecule has 1 fully saturated rings. The maximum Gasteiger partial charge on any atom is 0.277 e. The first kappa shape index (κ1) is 23.3. The number of benzene rings is 2. The van der Waals surface area contributed by atoms with Crippen LogP contribution in [0.15, 0.2) is 41.8 Å². The van der Waals surface area contributed by atoms with Crippen molar-refractivity contribution in [1.82, 2.24) is 9.88 Å². The van der Waals surface area contributed by atoms with Gasteiger partial charge in [0.25, 0.3) is 11.8 Å². The second-order valence-electron chi connectivity index (χ2n) is 7.69. The molecule has 4 rings (SSSR count). The fourth-order valence-electron chi connectivity index (χ4n) is 3.80. The lowest BCUT2D eigenvalue weighted by Crippen LogP contribution is -2.38. The zero-order valence-corrected chi connectivity index (χ0v) is 19.1. The summed E-state index contributed by atoms with van der Waals surface area (Å²) in [6.07, 6.45) is 1.20. The number of amides is 2. The minimum atomic E-state index is -0.840. The van der Waals surface area contributed by atoms with Crippen molar-refractivity contribution in [2.45, 2.75) is 18.8 Å². The van der Waals surface area contributed by atoms with Crippen LogP contribution in [0, 0.1) is 17.5 Å². The van der Waals surface area contributed by atoms with Crippen LogP contribution in [0.5, 0.6) is 0 Å². The molecule has 1 saturated heterocycles. The summed E-state index contributed by atoms with van der Waals surface area (Å²) in [7, 11) is 1.40. The molecule has 0 radical (unpaired) electrons. The predicted octanol–water partition coefficient (Wildman–Crippen LogP) is 5.51. The van der Waals surface area contributed by atoms with Crippen molar-refractivity contribution < 1.29 is 22.8 Å². The van der Waals surface area contributed by atoms with Gasteiger partial charge in [-0.05, 0) is 37.1 Å². The smallest absolute Gasteiger partial charge is 0.277 e. The first-order valence-electron chi connectivity index (χ1n) is 10.2. The summed E-state index contributed by atoms with van der Waals surface area (Å²) in [5, 5.41) is 2.42. The van der Waals surface area contributed by atoms with E-state index in [1.165, 1.54) is 42.6 Å². The Labute approximate surface area is 197 Å². The summed E-state index contributed by atoms with van der Waals surface area (Å²) in [5.41, 5.74) is -0.0109. The Morgan fingerprint density at radius 3 is 2.52 bits per heavy atom. The maximum atomic E-state index is 14.1. The molecule has 33 heavy (non-hydrogen) atoms. The standard InChI is InChI=1S/C23H19ClF3N3O2S/c1-29(19-6-5-14(25)11-17(19)27)22(31)18-12-33-21(28-18)13-7-9-30(10-8-13)23(32)20-15(24)3-2-4-16(20)26/h2-6,11-13H,7-10H2,1H3. The van der Waals surface area contributed by atoms with E-state index in [1.807, 2.05) is 0 Å². The minimum Gasteiger partial charge on any atom is -0.338 e. The van der Waals surface area contributed by atoms with Crippen LogP contribution in [0.25, 0.3) is 0 Å². The molecule has 0 bridgehead atoms. The van der Waals surface area contributed by atoms with Gasteiger partial charge < -0.3 is 9.80 Å². The van der Waals surface area contributed by atoms with Crippen molar-refractivity contribution in [3.63, 3.8) is 0 Å². The zero-order valence-electron chi connectivity index (χ0n) is 17.5. The van der Waals surface area contributed by atoms with Crippen molar-refractivity contribution in [3.8, 4) is 0 Å². The van der Waals surface area contributed by atoms with E-state index in [-0.39, 0.29) is 27.9 Å². The van der Waals surface area contributed by atoms with E-state index in [4.69, 9.17) is 11.6 Å². The van der Waals surface area contributed by atoms with Crippen molar-refractivity contribution in [3.05, 3.63) is 80.5 Å². The van der Waals surface area contributed by atoms with Crippen LogP contribution in [0.1, 0.15) is 44.6 Å². The Morgan fingerprint density at radius 2 is 1.85 bits per heavy atom. The van der Waals surface area contributed by atoms with Gasteiger partial charge in [-0.15, -0.1) is 11.3 Å². The third-order valence-electron chi connectivity index (χ3n) is 5.62. The normalized spacial score (nSPS) is 14.4. The lowest BCUT2D eigenvalue weighted by Gasteiger charge is -2.31. The monoisotopic (exact) mass is 493 g/mol. The van der Waals surface area contributed by atoms with Gasteiger partial charge in [0.15, 0.2) is 0 Å². The van der Waals surface area contributed by atoms with E-state index in [9.17, 15) is 22.8 Å². The highest BCUT2D eigenvalue weighted by Crippen LogP contribution is 2.32. The van der Waals surface area contributed by atoms with Crippen LogP contribution in [0.2, 0.25) is 5.02 Å². The highest BCUT2D eigenvalue weighted by atomic mass is 35.5. The number of aromatic nitrogens is 1. The number of rotatable bonds is 4. The molecule has 2 amide bonds. The van der Waals surface area contributed by atoms with E-state index in [1.54, 1.807) is 10.3 Å². The molecule has 1 aliphatic heterocycles. The number of halogens is 4. The van der Waals surface area contributed by atoms with Crippen LogP contribution in [-0.2, 0) is 0 Å². The number of carbonyl (C=O) groups excluding carboxylic acids is 2. The fourth-order valence-corrected chi connectivity index (χ4v) is 5.01. The van der Waals surface area contributed by atoms with Crippen LogP contribution < -0.4 is 4.90 Å². The molecule has 0 saturated carbocycles. The molecule has 2 aromatic carbocycles. The van der Waals surface area contributed by atoms with Gasteiger partial charge in [-0.25, -0.2) is 18.2 Å². The first-order valence-corrected chi connectivity index (χ1v) is 11.4. The molecule has 1 aliphatic rings. The Bertz CT molecular complexity index is 1190. The third-order valence-corrected chi connectivity index (χ3v) is 6.95. The molecule has 0 N–H and O–H groups in total. The number of nitrogens with zero attached hydrogens (tertiary/aromatic N) is 3. The molecule has 10 heteroatoms. The highest BCUT2D eigenvalue weighted by molar-refractivity contribution is 7.10. The van der Waals surface area contributed by atoms with Crippen molar-refractivity contribution >= 4 is 40.4 Å². The number of thiazole rings is 1. The highest BCUT2D eigenvalue weighted by Gasteiger charge is 2.29. The average molecular weight is 494 g/mol. The molecule has 0 unspecified atom stereocenters. The molecular weight excluding hydrogens is 475 g/mol. The quantitative estimate of drug-likeness (QED) is 0.481. The summed E-state index contributed by atoms with van der Waals surface area (Å²) >= 11 is 7.33. The Kier molecular flexibility index (Phi) is 6.71. The summed E-state index contributed by atoms with van der Waals surface area (Å²) in [6.45, 7) is 0.801. The van der Waals surface area contributed by atoms with E-state index in [0.717, 1.165) is 22.0 Å². The van der Waals surface area contributed by atoms with Gasteiger partial charge >= 0.3 is 0 Å². The van der Waals surface area contributed by atoms with E-state index < -0.39 is 29.3 Å². The molecule has 2 heterocycles. The summed E-state index contributed by atoms with van der Waals surface area (Å²) in [4.78, 5) is 32.6. The number of hydrogen-bond acceptors (Lipinski definition) is 4. The Hall–Kier alpha value is -2.91. The van der Waals surface area contributed by atoms with E-state index in [0.29, 0.717) is 25.9 Å². The molecule has 0 atom stereocenters. The van der Waals surface area contributed by atoms with Crippen LogP contribution >= 0.6 is 22.9 Å². The number of likely N-dealkylation sites (tertiary alicyclic amines) is 1. The van der Waals surface area contributed by atoms with E-state index in [2.05, 4.69) is 4.98 Å². The summed E-state index contributed by atoms with van der Waals surface area (Å²) in [6, 6.07) is 7.13. The second kappa shape index (κ2) is 9.52. The van der Waals surface area contributed by atoms with Crippen molar-refractivity contribution in [1.29, 1.82) is 0 Å². The molecule has 5 nitrogen and oxygen atoms in total. The largest absolute Gasteiger partial charge is 0.338 e. The predicted molar refractivity (Wildman–Crippen MR) is 120 cm³/mol. The molecule has 172 valence electrons. The maximum absolute atomic E-state index is 14.1. The third kappa shape index (κ3) is 4.74. The van der Waals surface area contributed by atoms with Gasteiger partial charge in [-0.2, -0.15) is 0 Å². The zero-order chi connectivity index (χ0) is 23.7. The van der Waals surface area contributed by atoms with Gasteiger partial charge in [0, 0.05) is 37.5 Å². The molecule has 0 spiro atoms. The van der Waals surface area contributed by atoms with E-state index >= 15 is 0 Å². The second-order valence-corrected chi connectivity index (χ2v) is 8.99. The Morgan fingerprint density at radius 1 is 1.12 bits per heavy atom. The number of hydrogen-bond donors (Lipinski definition) is 0. The molecule has 0 aliphatic carbocycles. The van der Waals surface area contributed by atoms with Crippen LogP contribution in [0.3, 0.4) is 0 Å². The van der Waals surface area contributed by atoms with Gasteiger partial charge in [0.2, 0.25) is 0 Å². The SMILES string of the molecule is CN(C(=O)c1csc(C2CCN(C(=O)c3c(F)cccc3Cl)CC2)n1)c1ccc(F)cc1F. The lowest BCUT2D eigenvalue weighted by molar-refractivity contribution is 0.0708. The van der Waals surface area contributed by atoms with Crippen molar-refractivity contribution in [2.24, 2.45) is 0 Å². The first-order chi connectivity index (χ1) is 15.8. The number of piperidine rings is 1. The average Bonchev–Trinajstić information content (AvgIpc) is 3.28. The Balaban J connectivity index is 1.42. The van der Waals surface area contributed by atoms with Gasteiger partial charge in [-0.1, -0.05) is 17.7 Å². The van der Waals surface area contributed by atoms with Gasteiger partial charge in [-0.3, -0.25) is 9.59 Å². The summed E-state index contributed by atoms with van der Waals surface area (Å²) < 4.78 is 41.3. The minimum absolute atomic E-state index is 0.0320. The lowest BCUT2D eigenvalue weighted by atomic mass is 9.97. The van der Waals surface area contributed by atoms with Gasteiger partial charge in [0.1, 0.15) is 23.1 Å². The molecular formula is C23H19ClF3N3O2S. The molecule has 1 aromatic heterocycles. The molecule has 3 aromatic rings. The van der Waals surface area contributed by atoms with Crippen LogP contribution in [0.4, 0.5) is 18.9 Å². The topological polar surface area (TPSA) is 53.5 Å². The van der Waals surface area contributed by atoms with Crippen LogP contribution in [-0.4, -0.2) is 41.8 Å². The number of anilines is 1. The fraction of sp³-hybridized carbons (Fsp3) is 0.261. The number of carbonyl (C=O) groups is 2.